The first-order chi connectivity index (χ1) is 11.6. The minimum atomic E-state index is -0.224. The molecule has 0 bridgehead atoms. The lowest BCUT2D eigenvalue weighted by Crippen LogP contribution is -2.28. The lowest BCUT2D eigenvalue weighted by Gasteiger charge is -2.19. The minimum Gasteiger partial charge on any atom is -0.374 e. The summed E-state index contributed by atoms with van der Waals surface area (Å²) >= 11 is 1.50. The van der Waals surface area contributed by atoms with Crippen LogP contribution >= 0.6 is 11.3 Å². The van der Waals surface area contributed by atoms with Crippen LogP contribution in [-0.4, -0.2) is 33.0 Å². The van der Waals surface area contributed by atoms with Crippen molar-refractivity contribution < 1.29 is 9.59 Å². The normalized spacial score (nSPS) is 13.3. The number of anilines is 2. The molecule has 0 spiro atoms. The van der Waals surface area contributed by atoms with E-state index in [-0.39, 0.29) is 18.4 Å². The summed E-state index contributed by atoms with van der Waals surface area (Å²) < 4.78 is 1.71. The number of aromatic nitrogens is 3. The highest BCUT2D eigenvalue weighted by molar-refractivity contribution is 7.16. The number of hydrogen-bond donors (Lipinski definition) is 3. The van der Waals surface area contributed by atoms with Crippen molar-refractivity contribution in [1.82, 2.24) is 19.9 Å². The van der Waals surface area contributed by atoms with Gasteiger partial charge in [0.1, 0.15) is 5.01 Å². The van der Waals surface area contributed by atoms with E-state index in [0.717, 1.165) is 21.3 Å². The fourth-order valence-electron chi connectivity index (χ4n) is 2.52. The molecule has 4 rings (SSSR count). The molecule has 2 aromatic heterocycles. The van der Waals surface area contributed by atoms with Gasteiger partial charge in [-0.15, -0.1) is 0 Å². The Hall–Kier alpha value is -2.94. The van der Waals surface area contributed by atoms with E-state index >= 15 is 0 Å². The van der Waals surface area contributed by atoms with Gasteiger partial charge in [-0.3, -0.25) is 9.59 Å². The second kappa shape index (κ2) is 5.60. The molecular formula is C15H14N6O2S. The van der Waals surface area contributed by atoms with Gasteiger partial charge in [0.2, 0.25) is 10.9 Å². The molecule has 0 aliphatic carbocycles. The summed E-state index contributed by atoms with van der Waals surface area (Å²) in [7, 11) is 0. The molecule has 0 radical (unpaired) electrons. The smallest absolute Gasteiger partial charge is 0.251 e. The van der Waals surface area contributed by atoms with Crippen LogP contribution in [0.2, 0.25) is 0 Å². The monoisotopic (exact) mass is 342 g/mol. The Morgan fingerprint density at radius 3 is 3.12 bits per heavy atom. The standard InChI is InChI=1S/C15H14N6O2S/c1-8-20-21-7-10(18-15(21)24-8)5-17-14(23)9-2-3-11-12(4-9)19-13(22)6-16-11/h2-4,7,16H,5-6H2,1H3,(H,17,23)(H,19,22). The average Bonchev–Trinajstić information content (AvgIpc) is 3.08. The summed E-state index contributed by atoms with van der Waals surface area (Å²) in [6.45, 7) is 2.48. The highest BCUT2D eigenvalue weighted by Gasteiger charge is 2.16. The SMILES string of the molecule is Cc1nn2cc(CNC(=O)c3ccc4c(c3)NC(=O)CN4)nc2s1. The second-order valence-corrected chi connectivity index (χ2v) is 6.59. The second-order valence-electron chi connectivity index (χ2n) is 5.43. The van der Waals surface area contributed by atoms with Gasteiger partial charge in [0.25, 0.3) is 5.91 Å². The molecule has 122 valence electrons. The van der Waals surface area contributed by atoms with Crippen molar-refractivity contribution in [2.24, 2.45) is 0 Å². The molecule has 8 nitrogen and oxygen atoms in total. The number of fused-ring (bicyclic) bond motifs is 2. The number of amides is 2. The summed E-state index contributed by atoms with van der Waals surface area (Å²) in [4.78, 5) is 28.9. The van der Waals surface area contributed by atoms with Crippen molar-refractivity contribution in [2.45, 2.75) is 13.5 Å². The Kier molecular flexibility index (Phi) is 3.42. The van der Waals surface area contributed by atoms with E-state index in [9.17, 15) is 9.59 Å². The molecule has 3 N–H and O–H groups in total. The zero-order valence-corrected chi connectivity index (χ0v) is 13.6. The highest BCUT2D eigenvalue weighted by atomic mass is 32.1. The quantitative estimate of drug-likeness (QED) is 0.668. The van der Waals surface area contributed by atoms with Crippen LogP contribution in [0.15, 0.2) is 24.4 Å². The zero-order valence-electron chi connectivity index (χ0n) is 12.8. The van der Waals surface area contributed by atoms with Crippen LogP contribution in [-0.2, 0) is 11.3 Å². The summed E-state index contributed by atoms with van der Waals surface area (Å²) in [6, 6.07) is 5.16. The predicted molar refractivity (Wildman–Crippen MR) is 90.3 cm³/mol. The van der Waals surface area contributed by atoms with Crippen LogP contribution in [0, 0.1) is 6.92 Å². The highest BCUT2D eigenvalue weighted by Crippen LogP contribution is 2.25. The number of imidazole rings is 1. The Morgan fingerprint density at radius 2 is 2.29 bits per heavy atom. The number of carbonyl (C=O) groups is 2. The van der Waals surface area contributed by atoms with Gasteiger partial charge in [0.15, 0.2) is 0 Å². The summed E-state index contributed by atoms with van der Waals surface area (Å²) in [6.07, 6.45) is 1.80. The first kappa shape index (κ1) is 14.6. The molecule has 3 heterocycles. The maximum Gasteiger partial charge on any atom is 0.251 e. The Balaban J connectivity index is 1.46. The van der Waals surface area contributed by atoms with Crippen LogP contribution in [0.4, 0.5) is 11.4 Å². The van der Waals surface area contributed by atoms with E-state index in [4.69, 9.17) is 0 Å². The first-order valence-electron chi connectivity index (χ1n) is 7.36. The Bertz CT molecular complexity index is 929. The molecule has 2 amide bonds. The summed E-state index contributed by atoms with van der Waals surface area (Å²) in [5, 5.41) is 13.8. The molecule has 0 unspecified atom stereocenters. The van der Waals surface area contributed by atoms with E-state index in [1.54, 1.807) is 28.9 Å². The fraction of sp³-hybridized carbons (Fsp3) is 0.200. The number of carbonyl (C=O) groups excluding carboxylic acids is 2. The molecule has 0 saturated heterocycles. The third-order valence-electron chi connectivity index (χ3n) is 3.62. The Morgan fingerprint density at radius 1 is 1.42 bits per heavy atom. The van der Waals surface area contributed by atoms with Crippen molar-refractivity contribution in [3.05, 3.63) is 40.7 Å². The molecule has 1 aromatic carbocycles. The number of rotatable bonds is 3. The molecule has 24 heavy (non-hydrogen) atoms. The van der Waals surface area contributed by atoms with Gasteiger partial charge in [0, 0.05) is 5.56 Å². The fourth-order valence-corrected chi connectivity index (χ4v) is 3.26. The maximum atomic E-state index is 12.3. The van der Waals surface area contributed by atoms with Crippen molar-refractivity contribution in [1.29, 1.82) is 0 Å². The lowest BCUT2D eigenvalue weighted by atomic mass is 10.1. The number of benzene rings is 1. The molecular weight excluding hydrogens is 328 g/mol. The van der Waals surface area contributed by atoms with E-state index < -0.39 is 0 Å². The van der Waals surface area contributed by atoms with Crippen LogP contribution < -0.4 is 16.0 Å². The molecule has 3 aromatic rings. The van der Waals surface area contributed by atoms with Gasteiger partial charge in [-0.25, -0.2) is 9.50 Å². The van der Waals surface area contributed by atoms with Crippen molar-refractivity contribution in [3.63, 3.8) is 0 Å². The lowest BCUT2D eigenvalue weighted by molar-refractivity contribution is -0.114. The number of nitrogens with zero attached hydrogens (tertiary/aromatic N) is 3. The zero-order chi connectivity index (χ0) is 16.7. The maximum absolute atomic E-state index is 12.3. The van der Waals surface area contributed by atoms with Crippen molar-refractivity contribution >= 4 is 39.5 Å². The van der Waals surface area contributed by atoms with E-state index in [1.165, 1.54) is 11.3 Å². The van der Waals surface area contributed by atoms with Gasteiger partial charge >= 0.3 is 0 Å². The largest absolute Gasteiger partial charge is 0.374 e. The van der Waals surface area contributed by atoms with Crippen LogP contribution in [0.1, 0.15) is 21.1 Å². The number of aryl methyl sites for hydroxylation is 1. The molecule has 0 saturated carbocycles. The topological polar surface area (TPSA) is 100 Å². The van der Waals surface area contributed by atoms with Crippen molar-refractivity contribution in [2.75, 3.05) is 17.2 Å². The predicted octanol–water partition coefficient (Wildman–Crippen LogP) is 1.39. The van der Waals surface area contributed by atoms with Gasteiger partial charge in [0.05, 0.1) is 36.4 Å². The van der Waals surface area contributed by atoms with Gasteiger partial charge in [-0.1, -0.05) is 11.3 Å². The third-order valence-corrected chi connectivity index (χ3v) is 4.46. The van der Waals surface area contributed by atoms with E-state index in [2.05, 4.69) is 26.0 Å². The number of nitrogens with one attached hydrogen (secondary N) is 3. The van der Waals surface area contributed by atoms with Gasteiger partial charge in [-0.2, -0.15) is 5.10 Å². The Labute approximate surface area is 140 Å². The van der Waals surface area contributed by atoms with E-state index in [0.29, 0.717) is 17.8 Å². The van der Waals surface area contributed by atoms with Gasteiger partial charge in [-0.05, 0) is 25.1 Å². The minimum absolute atomic E-state index is 0.124. The van der Waals surface area contributed by atoms with Crippen molar-refractivity contribution in [3.8, 4) is 0 Å². The number of hydrogen-bond acceptors (Lipinski definition) is 6. The molecule has 9 heteroatoms. The summed E-state index contributed by atoms with van der Waals surface area (Å²) in [5.74, 6) is -0.348. The third kappa shape index (κ3) is 2.69. The molecule has 0 atom stereocenters. The molecule has 0 fully saturated rings. The molecule has 1 aliphatic rings. The average molecular weight is 342 g/mol. The molecule has 1 aliphatic heterocycles. The van der Waals surface area contributed by atoms with Crippen LogP contribution in [0.5, 0.6) is 0 Å². The summed E-state index contributed by atoms with van der Waals surface area (Å²) in [5.41, 5.74) is 2.64. The van der Waals surface area contributed by atoms with E-state index in [1.807, 2.05) is 6.92 Å². The first-order valence-corrected chi connectivity index (χ1v) is 8.18. The van der Waals surface area contributed by atoms with Crippen LogP contribution in [0.3, 0.4) is 0 Å². The van der Waals surface area contributed by atoms with Gasteiger partial charge < -0.3 is 16.0 Å². The van der Waals surface area contributed by atoms with Crippen LogP contribution in [0.25, 0.3) is 4.96 Å².